The Morgan fingerprint density at radius 2 is 1.81 bits per heavy atom. The third kappa shape index (κ3) is 6.10. The minimum absolute atomic E-state index is 0.0605. The summed E-state index contributed by atoms with van der Waals surface area (Å²) in [6, 6.07) is 18.5. The molecule has 0 atom stereocenters. The molecule has 0 aliphatic carbocycles. The third-order valence-electron chi connectivity index (χ3n) is 5.07. The van der Waals surface area contributed by atoms with E-state index in [1.807, 2.05) is 0 Å². The van der Waals surface area contributed by atoms with Gasteiger partial charge in [-0.1, -0.05) is 39.7 Å². The molecule has 0 bridgehead atoms. The predicted molar refractivity (Wildman–Crippen MR) is 142 cm³/mol. The van der Waals surface area contributed by atoms with Gasteiger partial charge in [0.1, 0.15) is 23.9 Å². The van der Waals surface area contributed by atoms with E-state index in [1.54, 1.807) is 66.7 Å². The van der Waals surface area contributed by atoms with Crippen molar-refractivity contribution >= 4 is 62.5 Å². The highest BCUT2D eigenvalue weighted by atomic mass is 79.9. The maximum atomic E-state index is 12.9. The number of benzene rings is 3. The second-order valence-electron chi connectivity index (χ2n) is 7.41. The molecule has 2 amide bonds. The number of hydrogen-bond donors (Lipinski definition) is 0. The van der Waals surface area contributed by atoms with Crippen molar-refractivity contribution in [1.82, 2.24) is 4.90 Å². The number of rotatable bonds is 8. The Balaban J connectivity index is 1.48. The summed E-state index contributed by atoms with van der Waals surface area (Å²) in [5.41, 5.74) is 0.799. The monoisotopic (exact) mass is 587 g/mol. The number of carbonyl (C=O) groups excluding carboxylic acids is 3. The summed E-state index contributed by atoms with van der Waals surface area (Å²) in [5.74, 6) is 0.301. The van der Waals surface area contributed by atoms with E-state index in [0.29, 0.717) is 32.1 Å². The first-order valence-electron chi connectivity index (χ1n) is 10.6. The summed E-state index contributed by atoms with van der Waals surface area (Å²) < 4.78 is 17.0. The van der Waals surface area contributed by atoms with Crippen LogP contribution >= 0.6 is 39.3 Å². The number of imide groups is 1. The Bertz CT molecular complexity index is 1340. The molecule has 1 fully saturated rings. The van der Waals surface area contributed by atoms with Crippen molar-refractivity contribution in [2.24, 2.45) is 0 Å². The molecule has 184 valence electrons. The standard InChI is InChI=1S/C26H19BrClNO6S/c1-33-19-9-6-16(7-10-19)25(31)35-21-11-8-18(27)14-17(21)15-23-24(30)29(26(32)36-23)12-13-34-22-5-3-2-4-20(22)28/h2-11,14-15H,12-13H2,1H3/b23-15-. The number of carbonyl (C=O) groups is 3. The fourth-order valence-electron chi connectivity index (χ4n) is 3.25. The van der Waals surface area contributed by atoms with Gasteiger partial charge in [-0.05, 0) is 72.4 Å². The first-order chi connectivity index (χ1) is 17.4. The van der Waals surface area contributed by atoms with Crippen LogP contribution in [0, 0.1) is 0 Å². The summed E-state index contributed by atoms with van der Waals surface area (Å²) in [6.45, 7) is 0.154. The summed E-state index contributed by atoms with van der Waals surface area (Å²) >= 11 is 10.3. The van der Waals surface area contributed by atoms with E-state index in [-0.39, 0.29) is 23.8 Å². The van der Waals surface area contributed by atoms with Crippen molar-refractivity contribution in [3.63, 3.8) is 0 Å². The molecule has 0 N–H and O–H groups in total. The Hall–Kier alpha value is -3.27. The number of hydrogen-bond acceptors (Lipinski definition) is 7. The van der Waals surface area contributed by atoms with Crippen molar-refractivity contribution in [1.29, 1.82) is 0 Å². The number of esters is 1. The second-order valence-corrected chi connectivity index (χ2v) is 9.73. The molecule has 0 saturated carbocycles. The molecule has 1 aliphatic heterocycles. The van der Waals surface area contributed by atoms with E-state index in [4.69, 9.17) is 25.8 Å². The van der Waals surface area contributed by atoms with Crippen molar-refractivity contribution < 1.29 is 28.6 Å². The highest BCUT2D eigenvalue weighted by molar-refractivity contribution is 9.10. The molecule has 1 heterocycles. The van der Waals surface area contributed by atoms with Crippen LogP contribution in [0.5, 0.6) is 17.2 Å². The van der Waals surface area contributed by atoms with Crippen molar-refractivity contribution in [2.45, 2.75) is 0 Å². The molecule has 3 aromatic carbocycles. The van der Waals surface area contributed by atoms with E-state index in [0.717, 1.165) is 16.7 Å². The molecule has 36 heavy (non-hydrogen) atoms. The van der Waals surface area contributed by atoms with Crippen LogP contribution in [-0.4, -0.2) is 42.3 Å². The maximum Gasteiger partial charge on any atom is 0.343 e. The molecular formula is C26H19BrClNO6S. The van der Waals surface area contributed by atoms with Crippen molar-refractivity contribution in [3.05, 3.63) is 92.3 Å². The lowest BCUT2D eigenvalue weighted by Crippen LogP contribution is -2.32. The van der Waals surface area contributed by atoms with E-state index in [1.165, 1.54) is 13.2 Å². The minimum atomic E-state index is -0.570. The lowest BCUT2D eigenvalue weighted by molar-refractivity contribution is -0.123. The van der Waals surface area contributed by atoms with Crippen molar-refractivity contribution in [2.75, 3.05) is 20.3 Å². The van der Waals surface area contributed by atoms with Crippen LogP contribution in [-0.2, 0) is 4.79 Å². The lowest BCUT2D eigenvalue weighted by atomic mass is 10.1. The van der Waals surface area contributed by atoms with Gasteiger partial charge in [-0.3, -0.25) is 14.5 Å². The van der Waals surface area contributed by atoms with Gasteiger partial charge >= 0.3 is 5.97 Å². The topological polar surface area (TPSA) is 82.1 Å². The quantitative estimate of drug-likeness (QED) is 0.170. The Labute approximate surface area is 225 Å². The average Bonchev–Trinajstić information content (AvgIpc) is 3.14. The Kier molecular flexibility index (Phi) is 8.35. The number of thioether (sulfide) groups is 1. The molecule has 4 rings (SSSR count). The molecule has 3 aromatic rings. The first kappa shape index (κ1) is 25.8. The largest absolute Gasteiger partial charge is 0.497 e. The summed E-state index contributed by atoms with van der Waals surface area (Å²) in [6.07, 6.45) is 1.53. The van der Waals surface area contributed by atoms with Crippen LogP contribution in [0.15, 0.2) is 76.1 Å². The van der Waals surface area contributed by atoms with Crippen LogP contribution in [0.2, 0.25) is 5.02 Å². The molecular weight excluding hydrogens is 570 g/mol. The van der Waals surface area contributed by atoms with Gasteiger partial charge in [0.2, 0.25) is 0 Å². The fourth-order valence-corrected chi connectivity index (χ4v) is 4.68. The molecule has 7 nitrogen and oxygen atoms in total. The van der Waals surface area contributed by atoms with Gasteiger partial charge < -0.3 is 14.2 Å². The average molecular weight is 589 g/mol. The van der Waals surface area contributed by atoms with Gasteiger partial charge in [-0.25, -0.2) is 4.79 Å². The lowest BCUT2D eigenvalue weighted by Gasteiger charge is -2.14. The third-order valence-corrected chi connectivity index (χ3v) is 6.78. The molecule has 0 radical (unpaired) electrons. The second kappa shape index (κ2) is 11.6. The van der Waals surface area contributed by atoms with E-state index in [2.05, 4.69) is 15.9 Å². The molecule has 1 aliphatic rings. The van der Waals surface area contributed by atoms with Crippen LogP contribution in [0.4, 0.5) is 4.79 Å². The van der Waals surface area contributed by atoms with E-state index >= 15 is 0 Å². The zero-order valence-electron chi connectivity index (χ0n) is 18.9. The maximum absolute atomic E-state index is 12.9. The summed E-state index contributed by atoms with van der Waals surface area (Å²) in [7, 11) is 1.54. The van der Waals surface area contributed by atoms with Gasteiger partial charge in [0.15, 0.2) is 0 Å². The summed E-state index contributed by atoms with van der Waals surface area (Å²) in [5, 5.41) is 0.0266. The van der Waals surface area contributed by atoms with Gasteiger partial charge in [-0.15, -0.1) is 0 Å². The summed E-state index contributed by atoms with van der Waals surface area (Å²) in [4.78, 5) is 39.4. The van der Waals surface area contributed by atoms with Gasteiger partial charge in [-0.2, -0.15) is 0 Å². The SMILES string of the molecule is COc1ccc(C(=O)Oc2ccc(Br)cc2/C=C2\SC(=O)N(CCOc3ccccc3Cl)C2=O)cc1. The number of amides is 2. The molecule has 0 aromatic heterocycles. The molecule has 1 saturated heterocycles. The van der Waals surface area contributed by atoms with Gasteiger partial charge in [0.25, 0.3) is 11.1 Å². The van der Waals surface area contributed by atoms with E-state index < -0.39 is 17.1 Å². The van der Waals surface area contributed by atoms with Gasteiger partial charge in [0, 0.05) is 10.0 Å². The number of nitrogens with zero attached hydrogens (tertiary/aromatic N) is 1. The highest BCUT2D eigenvalue weighted by Crippen LogP contribution is 2.35. The van der Waals surface area contributed by atoms with Crippen LogP contribution in [0.1, 0.15) is 15.9 Å². The zero-order valence-corrected chi connectivity index (χ0v) is 22.1. The first-order valence-corrected chi connectivity index (χ1v) is 12.6. The van der Waals surface area contributed by atoms with Crippen molar-refractivity contribution in [3.8, 4) is 17.2 Å². The Morgan fingerprint density at radius 1 is 1.06 bits per heavy atom. The normalized spacial score (nSPS) is 14.3. The smallest absolute Gasteiger partial charge is 0.343 e. The van der Waals surface area contributed by atoms with Gasteiger partial charge in [0.05, 0.1) is 29.1 Å². The number of ether oxygens (including phenoxy) is 3. The molecule has 0 spiro atoms. The zero-order chi connectivity index (χ0) is 25.7. The molecule has 0 unspecified atom stereocenters. The Morgan fingerprint density at radius 3 is 2.53 bits per heavy atom. The minimum Gasteiger partial charge on any atom is -0.497 e. The van der Waals surface area contributed by atoms with E-state index in [9.17, 15) is 14.4 Å². The van der Waals surface area contributed by atoms with Crippen LogP contribution < -0.4 is 14.2 Å². The number of halogens is 2. The number of methoxy groups -OCH3 is 1. The fraction of sp³-hybridized carbons (Fsp3) is 0.115. The predicted octanol–water partition coefficient (Wildman–Crippen LogP) is 6.45. The van der Waals surface area contributed by atoms with Crippen LogP contribution in [0.25, 0.3) is 6.08 Å². The number of para-hydroxylation sites is 1. The van der Waals surface area contributed by atoms with Crippen LogP contribution in [0.3, 0.4) is 0 Å². The molecule has 10 heteroatoms. The highest BCUT2D eigenvalue weighted by Gasteiger charge is 2.35.